The number of carbonyl (C=O) groups is 1. The predicted octanol–water partition coefficient (Wildman–Crippen LogP) is 2.74. The summed E-state index contributed by atoms with van der Waals surface area (Å²) in [5, 5.41) is 10.9. The first-order valence-corrected chi connectivity index (χ1v) is 6.12. The van der Waals surface area contributed by atoms with E-state index in [1.165, 1.54) is 0 Å². The molecule has 0 spiro atoms. The number of benzene rings is 1. The Hall–Kier alpha value is -1.63. The van der Waals surface area contributed by atoms with Crippen molar-refractivity contribution < 1.29 is 27.5 Å². The van der Waals surface area contributed by atoms with Gasteiger partial charge in [0.2, 0.25) is 0 Å². The first kappa shape index (κ1) is 16.4. The number of aliphatic hydroxyl groups excluding tert-OH is 1. The van der Waals surface area contributed by atoms with Crippen LogP contribution in [0.15, 0.2) is 18.2 Å². The Morgan fingerprint density at radius 1 is 1.20 bits per heavy atom. The lowest BCUT2D eigenvalue weighted by Crippen LogP contribution is -2.26. The molecule has 0 aliphatic rings. The first-order valence-electron chi connectivity index (χ1n) is 6.12. The third-order valence-electron chi connectivity index (χ3n) is 2.66. The van der Waals surface area contributed by atoms with Crippen molar-refractivity contribution in [3.63, 3.8) is 0 Å². The van der Waals surface area contributed by atoms with Crippen LogP contribution in [0.2, 0.25) is 0 Å². The van der Waals surface area contributed by atoms with E-state index in [1.54, 1.807) is 0 Å². The Morgan fingerprint density at radius 2 is 1.90 bits per heavy atom. The van der Waals surface area contributed by atoms with Crippen molar-refractivity contribution in [2.24, 2.45) is 0 Å². The molecule has 1 aromatic carbocycles. The van der Waals surface area contributed by atoms with Gasteiger partial charge < -0.3 is 10.4 Å². The molecule has 0 saturated heterocycles. The van der Waals surface area contributed by atoms with Crippen LogP contribution in [-0.2, 0) is 6.18 Å². The number of rotatable bonds is 6. The molecule has 0 heterocycles. The third kappa shape index (κ3) is 4.80. The Balaban J connectivity index is 2.67. The van der Waals surface area contributed by atoms with Crippen LogP contribution in [0.25, 0.3) is 0 Å². The minimum Gasteiger partial charge on any atom is -0.396 e. The highest BCUT2D eigenvalue weighted by Gasteiger charge is 2.31. The molecule has 1 amide bonds. The topological polar surface area (TPSA) is 49.3 Å². The van der Waals surface area contributed by atoms with Gasteiger partial charge in [-0.3, -0.25) is 4.79 Å². The highest BCUT2D eigenvalue weighted by atomic mass is 19.4. The molecule has 0 radical (unpaired) electrons. The molecule has 0 aliphatic heterocycles. The van der Waals surface area contributed by atoms with Crippen LogP contribution >= 0.6 is 0 Å². The van der Waals surface area contributed by atoms with Gasteiger partial charge in [0.05, 0.1) is 11.1 Å². The van der Waals surface area contributed by atoms with E-state index in [1.807, 2.05) is 0 Å². The monoisotopic (exact) mass is 293 g/mol. The molecule has 0 bridgehead atoms. The molecule has 3 nitrogen and oxygen atoms in total. The van der Waals surface area contributed by atoms with Gasteiger partial charge in [-0.15, -0.1) is 0 Å². The van der Waals surface area contributed by atoms with Crippen molar-refractivity contribution in [3.05, 3.63) is 35.1 Å². The number of alkyl halides is 3. The zero-order valence-corrected chi connectivity index (χ0v) is 10.6. The lowest BCUT2D eigenvalue weighted by atomic mass is 10.1. The second kappa shape index (κ2) is 7.23. The highest BCUT2D eigenvalue weighted by molar-refractivity contribution is 5.94. The van der Waals surface area contributed by atoms with E-state index in [9.17, 15) is 22.4 Å². The molecule has 1 rings (SSSR count). The largest absolute Gasteiger partial charge is 0.416 e. The summed E-state index contributed by atoms with van der Waals surface area (Å²) in [5.41, 5.74) is -1.69. The van der Waals surface area contributed by atoms with Gasteiger partial charge in [0.1, 0.15) is 5.82 Å². The van der Waals surface area contributed by atoms with E-state index in [0.717, 1.165) is 0 Å². The summed E-state index contributed by atoms with van der Waals surface area (Å²) >= 11 is 0. The van der Waals surface area contributed by atoms with Crippen LogP contribution in [-0.4, -0.2) is 24.2 Å². The van der Waals surface area contributed by atoms with Gasteiger partial charge in [0, 0.05) is 13.2 Å². The molecular weight excluding hydrogens is 278 g/mol. The standard InChI is InChI=1S/C13H15F4NO2/c14-11-5-4-9(13(15,16)17)8-10(11)12(20)18-6-2-1-3-7-19/h4-5,8,19H,1-3,6-7H2,(H,18,20). The number of carbonyl (C=O) groups excluding carboxylic acids is 1. The minimum absolute atomic E-state index is 0.0379. The molecule has 1 aromatic rings. The predicted molar refractivity (Wildman–Crippen MR) is 64.7 cm³/mol. The summed E-state index contributed by atoms with van der Waals surface area (Å²) < 4.78 is 50.8. The average molecular weight is 293 g/mol. The van der Waals surface area contributed by atoms with Gasteiger partial charge in [-0.1, -0.05) is 0 Å². The Morgan fingerprint density at radius 3 is 2.50 bits per heavy atom. The maximum atomic E-state index is 13.4. The summed E-state index contributed by atoms with van der Waals surface area (Å²) in [5.74, 6) is -1.87. The zero-order chi connectivity index (χ0) is 15.2. The summed E-state index contributed by atoms with van der Waals surface area (Å²) in [6.45, 7) is 0.255. The molecule has 2 N–H and O–H groups in total. The minimum atomic E-state index is -4.62. The summed E-state index contributed by atoms with van der Waals surface area (Å²) in [6, 6.07) is 1.72. The Bertz CT molecular complexity index is 460. The lowest BCUT2D eigenvalue weighted by molar-refractivity contribution is -0.137. The van der Waals surface area contributed by atoms with Crippen LogP contribution in [0, 0.1) is 5.82 Å². The number of amides is 1. The SMILES string of the molecule is O=C(NCCCCCO)c1cc(C(F)(F)F)ccc1F. The van der Waals surface area contributed by atoms with Crippen molar-refractivity contribution >= 4 is 5.91 Å². The van der Waals surface area contributed by atoms with Crippen molar-refractivity contribution in [1.29, 1.82) is 0 Å². The fourth-order valence-corrected chi connectivity index (χ4v) is 1.59. The zero-order valence-electron chi connectivity index (χ0n) is 10.6. The molecule has 0 saturated carbocycles. The van der Waals surface area contributed by atoms with E-state index in [0.29, 0.717) is 37.5 Å². The molecule has 20 heavy (non-hydrogen) atoms. The molecular formula is C13H15F4NO2. The van der Waals surface area contributed by atoms with Gasteiger partial charge in [0.25, 0.3) is 5.91 Å². The maximum Gasteiger partial charge on any atom is 0.416 e. The van der Waals surface area contributed by atoms with E-state index in [-0.39, 0.29) is 13.2 Å². The lowest BCUT2D eigenvalue weighted by Gasteiger charge is -2.10. The second-order valence-corrected chi connectivity index (χ2v) is 4.23. The van der Waals surface area contributed by atoms with E-state index in [4.69, 9.17) is 5.11 Å². The van der Waals surface area contributed by atoms with Gasteiger partial charge in [-0.2, -0.15) is 13.2 Å². The third-order valence-corrected chi connectivity index (χ3v) is 2.66. The van der Waals surface area contributed by atoms with Crippen LogP contribution in [0.4, 0.5) is 17.6 Å². The number of unbranched alkanes of at least 4 members (excludes halogenated alkanes) is 2. The second-order valence-electron chi connectivity index (χ2n) is 4.23. The van der Waals surface area contributed by atoms with E-state index in [2.05, 4.69) is 5.32 Å². The molecule has 0 fully saturated rings. The van der Waals surface area contributed by atoms with E-state index < -0.39 is 29.0 Å². The Labute approximate surface area is 113 Å². The smallest absolute Gasteiger partial charge is 0.396 e. The Kier molecular flexibility index (Phi) is 5.94. The molecule has 0 unspecified atom stereocenters. The van der Waals surface area contributed by atoms with Gasteiger partial charge in [-0.25, -0.2) is 4.39 Å². The average Bonchev–Trinajstić information content (AvgIpc) is 2.37. The molecule has 112 valence electrons. The fourth-order valence-electron chi connectivity index (χ4n) is 1.59. The van der Waals surface area contributed by atoms with Crippen LogP contribution < -0.4 is 5.32 Å². The number of hydrogen-bond acceptors (Lipinski definition) is 2. The highest BCUT2D eigenvalue weighted by Crippen LogP contribution is 2.30. The number of halogens is 4. The molecule has 0 atom stereocenters. The molecule has 0 aliphatic carbocycles. The summed E-state index contributed by atoms with van der Waals surface area (Å²) in [4.78, 5) is 11.6. The maximum absolute atomic E-state index is 13.4. The first-order chi connectivity index (χ1) is 9.36. The van der Waals surface area contributed by atoms with Gasteiger partial charge >= 0.3 is 6.18 Å². The van der Waals surface area contributed by atoms with Gasteiger partial charge in [0.15, 0.2) is 0 Å². The van der Waals surface area contributed by atoms with Crippen molar-refractivity contribution in [2.45, 2.75) is 25.4 Å². The number of hydrogen-bond donors (Lipinski definition) is 2. The normalized spacial score (nSPS) is 11.4. The van der Waals surface area contributed by atoms with Crippen LogP contribution in [0.3, 0.4) is 0 Å². The number of aliphatic hydroxyl groups is 1. The van der Waals surface area contributed by atoms with Crippen molar-refractivity contribution in [2.75, 3.05) is 13.2 Å². The van der Waals surface area contributed by atoms with Crippen molar-refractivity contribution in [1.82, 2.24) is 5.32 Å². The fraction of sp³-hybridized carbons (Fsp3) is 0.462. The van der Waals surface area contributed by atoms with Gasteiger partial charge in [-0.05, 0) is 37.5 Å². The van der Waals surface area contributed by atoms with Crippen LogP contribution in [0.1, 0.15) is 35.2 Å². The van der Waals surface area contributed by atoms with Crippen LogP contribution in [0.5, 0.6) is 0 Å². The quantitative estimate of drug-likeness (QED) is 0.626. The summed E-state index contributed by atoms with van der Waals surface area (Å²) in [7, 11) is 0. The summed E-state index contributed by atoms with van der Waals surface area (Å²) in [6.07, 6.45) is -2.81. The van der Waals surface area contributed by atoms with Crippen molar-refractivity contribution in [3.8, 4) is 0 Å². The molecule has 0 aromatic heterocycles. The van der Waals surface area contributed by atoms with E-state index >= 15 is 0 Å². The number of nitrogens with one attached hydrogen (secondary N) is 1. The molecule has 7 heteroatoms.